The molecule has 0 aliphatic heterocycles. The van der Waals surface area contributed by atoms with Crippen molar-refractivity contribution >= 4 is 17.0 Å². The first-order valence-electron chi connectivity index (χ1n) is 9.81. The molecule has 1 aromatic heterocycles. The highest BCUT2D eigenvalue weighted by Gasteiger charge is 2.43. The highest BCUT2D eigenvalue weighted by Crippen LogP contribution is 2.52. The second kappa shape index (κ2) is 6.77. The molecule has 0 saturated heterocycles. The number of nitrogens with one attached hydrogen (secondary N) is 1. The van der Waals surface area contributed by atoms with Crippen molar-refractivity contribution in [1.29, 1.82) is 0 Å². The molecule has 2 aliphatic rings. The molecule has 2 aromatic rings. The fraction of sp³-hybridized carbons (Fsp3) is 0.545. The van der Waals surface area contributed by atoms with Crippen molar-refractivity contribution in [1.82, 2.24) is 10.3 Å². The monoisotopic (exact) mass is 370 g/mol. The van der Waals surface area contributed by atoms with Crippen LogP contribution in [0.3, 0.4) is 0 Å². The molecule has 0 unspecified atom stereocenters. The van der Waals surface area contributed by atoms with Crippen LogP contribution >= 0.6 is 0 Å². The largest absolute Gasteiger partial charge is 0.446 e. The molecular formula is C22H27FN2O2. The van der Waals surface area contributed by atoms with Gasteiger partial charge < -0.3 is 10.1 Å². The second-order valence-electron chi connectivity index (χ2n) is 9.12. The summed E-state index contributed by atoms with van der Waals surface area (Å²) in [6.07, 6.45) is 5.51. The average molecular weight is 370 g/mol. The number of amides is 1. The van der Waals surface area contributed by atoms with Crippen LogP contribution in [0.2, 0.25) is 0 Å². The third kappa shape index (κ3) is 3.92. The fourth-order valence-corrected chi connectivity index (χ4v) is 4.89. The van der Waals surface area contributed by atoms with E-state index in [1.165, 1.54) is 11.6 Å². The van der Waals surface area contributed by atoms with Gasteiger partial charge in [0.25, 0.3) is 0 Å². The van der Waals surface area contributed by atoms with Gasteiger partial charge in [0, 0.05) is 17.1 Å². The van der Waals surface area contributed by atoms with Gasteiger partial charge in [-0.05, 0) is 94.0 Å². The molecule has 1 amide bonds. The zero-order valence-corrected chi connectivity index (χ0v) is 16.2. The highest BCUT2D eigenvalue weighted by atomic mass is 19.1. The smallest absolute Gasteiger partial charge is 0.407 e. The molecule has 1 N–H and O–H groups in total. The summed E-state index contributed by atoms with van der Waals surface area (Å²) in [5.41, 5.74) is 1.77. The van der Waals surface area contributed by atoms with Crippen LogP contribution in [0.25, 0.3) is 10.9 Å². The van der Waals surface area contributed by atoms with Crippen LogP contribution in [0.5, 0.6) is 0 Å². The van der Waals surface area contributed by atoms with E-state index >= 15 is 0 Å². The number of fused-ring (bicyclic) bond motifs is 2. The molecule has 4 rings (SSSR count). The lowest BCUT2D eigenvalue weighted by molar-refractivity contribution is 0.0896. The molecule has 5 heteroatoms. The van der Waals surface area contributed by atoms with Crippen molar-refractivity contribution in [3.05, 3.63) is 41.8 Å². The Morgan fingerprint density at radius 3 is 2.52 bits per heavy atom. The molecule has 0 spiro atoms. The molecule has 2 aliphatic carbocycles. The van der Waals surface area contributed by atoms with E-state index in [0.29, 0.717) is 17.8 Å². The molecule has 27 heavy (non-hydrogen) atoms. The molecule has 4 atom stereocenters. The van der Waals surface area contributed by atoms with E-state index in [0.717, 1.165) is 36.6 Å². The van der Waals surface area contributed by atoms with Crippen molar-refractivity contribution in [2.24, 2.45) is 11.8 Å². The van der Waals surface area contributed by atoms with Crippen LogP contribution in [0.15, 0.2) is 30.5 Å². The molecule has 1 heterocycles. The van der Waals surface area contributed by atoms with Gasteiger partial charge in [-0.3, -0.25) is 4.98 Å². The van der Waals surface area contributed by atoms with Crippen LogP contribution < -0.4 is 5.32 Å². The number of alkyl carbamates (subject to hydrolysis) is 1. The first-order valence-corrected chi connectivity index (χ1v) is 9.81. The average Bonchev–Trinajstić information content (AvgIpc) is 3.10. The quantitative estimate of drug-likeness (QED) is 0.793. The Labute approximate surface area is 159 Å². The zero-order valence-electron chi connectivity index (χ0n) is 16.2. The van der Waals surface area contributed by atoms with E-state index in [2.05, 4.69) is 10.3 Å². The Bertz CT molecular complexity index is 847. The third-order valence-electron chi connectivity index (χ3n) is 5.90. The number of benzene rings is 1. The minimum atomic E-state index is -0.320. The number of hydrogen-bond acceptors (Lipinski definition) is 3. The Kier molecular flexibility index (Phi) is 4.57. The van der Waals surface area contributed by atoms with Gasteiger partial charge >= 0.3 is 6.09 Å². The Morgan fingerprint density at radius 2 is 1.85 bits per heavy atom. The van der Waals surface area contributed by atoms with Gasteiger partial charge in [0.15, 0.2) is 0 Å². The summed E-state index contributed by atoms with van der Waals surface area (Å²) in [5, 5.41) is 3.80. The van der Waals surface area contributed by atoms with Gasteiger partial charge in [0.2, 0.25) is 0 Å². The van der Waals surface area contributed by atoms with Gasteiger partial charge in [-0.25, -0.2) is 9.18 Å². The predicted molar refractivity (Wildman–Crippen MR) is 103 cm³/mol. The van der Waals surface area contributed by atoms with Crippen LogP contribution in [-0.2, 0) is 4.74 Å². The summed E-state index contributed by atoms with van der Waals surface area (Å²) in [7, 11) is 0. The number of rotatable bonds is 2. The van der Waals surface area contributed by atoms with Crippen molar-refractivity contribution in [3.8, 4) is 0 Å². The summed E-state index contributed by atoms with van der Waals surface area (Å²) in [6.45, 7) is 5.85. The van der Waals surface area contributed by atoms with Crippen molar-refractivity contribution in [2.45, 2.75) is 64.0 Å². The van der Waals surface area contributed by atoms with Gasteiger partial charge in [-0.1, -0.05) is 0 Å². The van der Waals surface area contributed by atoms with Crippen LogP contribution in [0, 0.1) is 17.7 Å². The molecule has 4 nitrogen and oxygen atoms in total. The molecule has 2 fully saturated rings. The van der Waals surface area contributed by atoms with Crippen molar-refractivity contribution < 1.29 is 13.9 Å². The topological polar surface area (TPSA) is 51.2 Å². The molecule has 2 saturated carbocycles. The normalized spacial score (nSPS) is 27.6. The SMILES string of the molecule is CC(C)(C)NC(=O)O[C@H]1C[C@@H]2C[C@H](c3ccnc4ccc(F)cc34)C[C@@H]2C1. The van der Waals surface area contributed by atoms with Crippen LogP contribution in [0.4, 0.5) is 9.18 Å². The van der Waals surface area contributed by atoms with Gasteiger partial charge in [0.1, 0.15) is 11.9 Å². The van der Waals surface area contributed by atoms with Crippen molar-refractivity contribution in [2.75, 3.05) is 0 Å². The van der Waals surface area contributed by atoms with Crippen LogP contribution in [-0.4, -0.2) is 22.7 Å². The summed E-state index contributed by atoms with van der Waals surface area (Å²) in [4.78, 5) is 16.4. The number of pyridine rings is 1. The highest BCUT2D eigenvalue weighted by molar-refractivity contribution is 5.82. The Hall–Kier alpha value is -2.17. The van der Waals surface area contributed by atoms with E-state index in [-0.39, 0.29) is 23.6 Å². The Balaban J connectivity index is 1.42. The number of ether oxygens (including phenoxy) is 1. The maximum absolute atomic E-state index is 13.7. The first kappa shape index (κ1) is 18.2. The van der Waals surface area contributed by atoms with Gasteiger partial charge in [-0.2, -0.15) is 0 Å². The maximum Gasteiger partial charge on any atom is 0.407 e. The lowest BCUT2D eigenvalue weighted by atomic mass is 9.92. The number of nitrogens with zero attached hydrogens (tertiary/aromatic N) is 1. The van der Waals surface area contributed by atoms with Crippen molar-refractivity contribution in [3.63, 3.8) is 0 Å². The molecule has 144 valence electrons. The van der Waals surface area contributed by atoms with Crippen LogP contribution in [0.1, 0.15) is 57.9 Å². The zero-order chi connectivity index (χ0) is 19.2. The number of hydrogen-bond donors (Lipinski definition) is 1. The van der Waals surface area contributed by atoms with E-state index < -0.39 is 0 Å². The predicted octanol–water partition coefficient (Wildman–Crippen LogP) is 5.17. The first-order chi connectivity index (χ1) is 12.8. The fourth-order valence-electron chi connectivity index (χ4n) is 4.89. The van der Waals surface area contributed by atoms with Gasteiger partial charge in [-0.15, -0.1) is 0 Å². The molecule has 0 radical (unpaired) electrons. The number of carbonyl (C=O) groups excluding carboxylic acids is 1. The van der Waals surface area contributed by atoms with Gasteiger partial charge in [0.05, 0.1) is 5.52 Å². The molecule has 1 aromatic carbocycles. The molecular weight excluding hydrogens is 343 g/mol. The van der Waals surface area contributed by atoms with E-state index in [4.69, 9.17) is 4.74 Å². The van der Waals surface area contributed by atoms with E-state index in [9.17, 15) is 9.18 Å². The summed E-state index contributed by atoms with van der Waals surface area (Å²) in [6, 6.07) is 6.86. The lowest BCUT2D eigenvalue weighted by Crippen LogP contribution is -2.42. The number of aromatic nitrogens is 1. The number of carbonyl (C=O) groups is 1. The minimum absolute atomic E-state index is 0.00919. The second-order valence-corrected chi connectivity index (χ2v) is 9.12. The summed E-state index contributed by atoms with van der Waals surface area (Å²) in [5.74, 6) is 1.35. The maximum atomic E-state index is 13.7. The Morgan fingerprint density at radius 1 is 1.15 bits per heavy atom. The summed E-state index contributed by atoms with van der Waals surface area (Å²) >= 11 is 0. The number of halogens is 1. The third-order valence-corrected chi connectivity index (χ3v) is 5.90. The standard InChI is InChI=1S/C22H27FN2O2/c1-22(2,3)25-21(26)27-17-10-13-8-15(9-14(13)11-17)18-6-7-24-20-5-4-16(23)12-19(18)20/h4-7,12-15,17H,8-11H2,1-3H3,(H,25,26)/t13-,14+,15-,17-. The van der Waals surface area contributed by atoms with E-state index in [1.807, 2.05) is 33.0 Å². The summed E-state index contributed by atoms with van der Waals surface area (Å²) < 4.78 is 19.4. The van der Waals surface area contributed by atoms with E-state index in [1.54, 1.807) is 12.1 Å². The minimum Gasteiger partial charge on any atom is -0.446 e. The lowest BCUT2D eigenvalue weighted by Gasteiger charge is -2.22. The molecule has 0 bridgehead atoms.